The van der Waals surface area contributed by atoms with Gasteiger partial charge in [-0.15, -0.1) is 0 Å². The Hall–Kier alpha value is -0.550. The van der Waals surface area contributed by atoms with Gasteiger partial charge in [-0.25, -0.2) is 0 Å². The minimum absolute atomic E-state index is 0.742. The highest BCUT2D eigenvalue weighted by molar-refractivity contribution is 7.95. The first kappa shape index (κ1) is 11.0. The summed E-state index contributed by atoms with van der Waals surface area (Å²) in [6.45, 7) is 0. The summed E-state index contributed by atoms with van der Waals surface area (Å²) in [5.41, 5.74) is 0. The maximum atomic E-state index is 6.41. The topological polar surface area (TPSA) is 0 Å². The summed E-state index contributed by atoms with van der Waals surface area (Å²) in [6.07, 6.45) is 0. The van der Waals surface area contributed by atoms with Gasteiger partial charge in [0.1, 0.15) is 0 Å². The molecule has 0 N–H and O–H groups in total. The van der Waals surface area contributed by atoms with E-state index in [1.165, 1.54) is 0 Å². The first-order valence-corrected chi connectivity index (χ1v) is 7.16. The van der Waals surface area contributed by atoms with Crippen molar-refractivity contribution in [2.45, 2.75) is 0 Å². The van der Waals surface area contributed by atoms with Gasteiger partial charge < -0.3 is 0 Å². The Morgan fingerprint density at radius 3 is 1.87 bits per heavy atom. The maximum Gasteiger partial charge on any atom is 0.0524 e. The first-order valence-electron chi connectivity index (χ1n) is 4.54. The smallest absolute Gasteiger partial charge is 0.0524 e. The summed E-state index contributed by atoms with van der Waals surface area (Å²) >= 11 is 12.2. The van der Waals surface area contributed by atoms with Gasteiger partial charge in [-0.2, -0.15) is 0 Å². The van der Waals surface area contributed by atoms with Crippen LogP contribution in [-0.2, 0) is 0 Å². The van der Waals surface area contributed by atoms with Gasteiger partial charge in [0.2, 0.25) is 0 Å². The molecule has 15 heavy (non-hydrogen) atoms. The Labute approximate surface area is 100 Å². The molecule has 0 nitrogen and oxygen atoms in total. The molecule has 0 aliphatic carbocycles. The molecule has 0 radical (unpaired) electrons. The van der Waals surface area contributed by atoms with Crippen LogP contribution in [0.5, 0.6) is 0 Å². The van der Waals surface area contributed by atoms with E-state index in [2.05, 4.69) is 0 Å². The number of rotatable bonds is 2. The third kappa shape index (κ3) is 2.72. The second-order valence-corrected chi connectivity index (χ2v) is 6.14. The van der Waals surface area contributed by atoms with Crippen LogP contribution in [0, 0.1) is 0 Å². The predicted molar refractivity (Wildman–Crippen MR) is 69.9 cm³/mol. The minimum atomic E-state index is -0.770. The van der Waals surface area contributed by atoms with Crippen molar-refractivity contribution in [1.29, 1.82) is 0 Å². The molecule has 3 heteroatoms. The predicted octanol–water partition coefficient (Wildman–Crippen LogP) is 3.93. The molecule has 2 aromatic carbocycles. The van der Waals surface area contributed by atoms with Crippen LogP contribution in [0.1, 0.15) is 0 Å². The molecule has 0 saturated carbocycles. The van der Waals surface area contributed by atoms with Crippen LogP contribution in [0.4, 0.5) is 0 Å². The Bertz CT molecular complexity index is 425. The minimum Gasteiger partial charge on any atom is -0.0859 e. The molecule has 0 heterocycles. The van der Waals surface area contributed by atoms with Gasteiger partial charge in [-0.3, -0.25) is 0 Å². The summed E-state index contributed by atoms with van der Waals surface area (Å²) in [5, 5.41) is 3.03. The molecule has 1 unspecified atom stereocenters. The Kier molecular flexibility index (Phi) is 3.64. The normalized spacial score (nSPS) is 12.4. The zero-order valence-electron chi connectivity index (χ0n) is 7.90. The van der Waals surface area contributed by atoms with E-state index in [1.54, 1.807) is 0 Å². The average Bonchev–Trinajstić information content (AvgIpc) is 2.30. The lowest BCUT2D eigenvalue weighted by Crippen LogP contribution is -2.06. The molecule has 0 aliphatic rings. The summed E-state index contributed by atoms with van der Waals surface area (Å²) in [7, 11) is -0.770. The van der Waals surface area contributed by atoms with Gasteiger partial charge in [0, 0.05) is 5.02 Å². The molecule has 2 rings (SSSR count). The average molecular weight is 255 g/mol. The molecule has 0 bridgehead atoms. The van der Waals surface area contributed by atoms with Crippen LogP contribution in [0.2, 0.25) is 5.02 Å². The van der Waals surface area contributed by atoms with E-state index in [0.717, 1.165) is 15.6 Å². The van der Waals surface area contributed by atoms with Gasteiger partial charge in [0.25, 0.3) is 0 Å². The highest BCUT2D eigenvalue weighted by atomic mass is 35.7. The molecule has 0 amide bonds. The number of benzene rings is 2. The second-order valence-electron chi connectivity index (χ2n) is 3.09. The molecule has 0 fully saturated rings. The third-order valence-electron chi connectivity index (χ3n) is 2.04. The second kappa shape index (κ2) is 4.99. The largest absolute Gasteiger partial charge is 0.0859 e. The summed E-state index contributed by atoms with van der Waals surface area (Å²) in [4.78, 5) is 0. The van der Waals surface area contributed by atoms with E-state index >= 15 is 0 Å². The molecule has 2 aromatic rings. The Balaban J connectivity index is 2.29. The Morgan fingerprint density at radius 1 is 0.733 bits per heavy atom. The van der Waals surface area contributed by atoms with Crippen molar-refractivity contribution in [2.75, 3.05) is 0 Å². The third-order valence-corrected chi connectivity index (χ3v) is 4.96. The zero-order chi connectivity index (χ0) is 10.7. The fourth-order valence-corrected chi connectivity index (χ4v) is 3.22. The van der Waals surface area contributed by atoms with Gasteiger partial charge in [-0.05, 0) is 22.7 Å². The van der Waals surface area contributed by atoms with Crippen LogP contribution >= 0.6 is 30.1 Å². The van der Waals surface area contributed by atoms with Gasteiger partial charge in [0.15, 0.2) is 0 Å². The lowest BCUT2D eigenvalue weighted by molar-refractivity contribution is 1.76. The quantitative estimate of drug-likeness (QED) is 0.713. The molecular weight excluding hydrogens is 246 g/mol. The summed E-state index contributed by atoms with van der Waals surface area (Å²) < 4.78 is 0. The van der Waals surface area contributed by atoms with Crippen LogP contribution in [0.3, 0.4) is 0 Å². The van der Waals surface area contributed by atoms with E-state index in [-0.39, 0.29) is 0 Å². The van der Waals surface area contributed by atoms with Crippen LogP contribution in [0.25, 0.3) is 0 Å². The van der Waals surface area contributed by atoms with Gasteiger partial charge >= 0.3 is 0 Å². The van der Waals surface area contributed by atoms with Crippen LogP contribution in [-0.4, -0.2) is 0 Å². The molecule has 0 aromatic heterocycles. The summed E-state index contributed by atoms with van der Waals surface area (Å²) in [6, 6.07) is 17.8. The van der Waals surface area contributed by atoms with Gasteiger partial charge in [-0.1, -0.05) is 65.3 Å². The van der Waals surface area contributed by atoms with Crippen molar-refractivity contribution in [1.82, 2.24) is 0 Å². The lowest BCUT2D eigenvalue weighted by atomic mass is 10.4. The zero-order valence-corrected chi connectivity index (χ0v) is 10.3. The highest BCUT2D eigenvalue weighted by Crippen LogP contribution is 2.38. The molecule has 1 atom stereocenters. The maximum absolute atomic E-state index is 6.41. The van der Waals surface area contributed by atoms with E-state index < -0.39 is 7.27 Å². The van der Waals surface area contributed by atoms with Crippen molar-refractivity contribution in [3.8, 4) is 0 Å². The van der Waals surface area contributed by atoms with Crippen LogP contribution < -0.4 is 10.6 Å². The molecular formula is C12H9Cl2P. The number of hydrogen-bond acceptors (Lipinski definition) is 0. The van der Waals surface area contributed by atoms with Crippen molar-refractivity contribution >= 4 is 40.7 Å². The van der Waals surface area contributed by atoms with E-state index in [0.29, 0.717) is 0 Å². The van der Waals surface area contributed by atoms with Crippen LogP contribution in [0.15, 0.2) is 54.6 Å². The molecule has 0 spiro atoms. The molecule has 76 valence electrons. The van der Waals surface area contributed by atoms with Crippen molar-refractivity contribution < 1.29 is 0 Å². The van der Waals surface area contributed by atoms with Crippen molar-refractivity contribution in [2.24, 2.45) is 0 Å². The number of halogens is 2. The highest BCUT2D eigenvalue weighted by Gasteiger charge is 2.09. The SMILES string of the molecule is Clc1ccc(P(Cl)c2ccccc2)cc1. The fraction of sp³-hybridized carbons (Fsp3) is 0. The fourth-order valence-electron chi connectivity index (χ4n) is 1.28. The van der Waals surface area contributed by atoms with E-state index in [9.17, 15) is 0 Å². The summed E-state index contributed by atoms with van der Waals surface area (Å²) in [5.74, 6) is 0. The number of hydrogen-bond donors (Lipinski definition) is 0. The Morgan fingerprint density at radius 2 is 1.27 bits per heavy atom. The molecule has 0 aliphatic heterocycles. The standard InChI is InChI=1S/C12H9Cl2P/c13-10-6-8-12(9-7-10)15(14)11-4-2-1-3-5-11/h1-9H. The monoisotopic (exact) mass is 254 g/mol. The lowest BCUT2D eigenvalue weighted by Gasteiger charge is -2.09. The van der Waals surface area contributed by atoms with E-state index in [4.69, 9.17) is 22.8 Å². The van der Waals surface area contributed by atoms with E-state index in [1.807, 2.05) is 54.6 Å². The molecule has 0 saturated heterocycles. The van der Waals surface area contributed by atoms with Crippen molar-refractivity contribution in [3.05, 3.63) is 59.6 Å². The first-order chi connectivity index (χ1) is 7.27. The van der Waals surface area contributed by atoms with Crippen molar-refractivity contribution in [3.63, 3.8) is 0 Å². The van der Waals surface area contributed by atoms with Gasteiger partial charge in [0.05, 0.1) is 7.27 Å².